The molecule has 2 N–H and O–H groups in total. The molecule has 0 atom stereocenters. The summed E-state index contributed by atoms with van der Waals surface area (Å²) in [5.74, 6) is -0.646. The van der Waals surface area contributed by atoms with Gasteiger partial charge in [0.2, 0.25) is 0 Å². The zero-order valence-corrected chi connectivity index (χ0v) is 12.3. The van der Waals surface area contributed by atoms with E-state index in [9.17, 15) is 12.8 Å². The van der Waals surface area contributed by atoms with Crippen LogP contribution in [-0.2, 0) is 10.0 Å². The van der Waals surface area contributed by atoms with Gasteiger partial charge in [0.15, 0.2) is 0 Å². The molecule has 1 aromatic heterocycles. The third-order valence-electron chi connectivity index (χ3n) is 3.12. The van der Waals surface area contributed by atoms with Crippen molar-refractivity contribution >= 4 is 26.7 Å². The molecule has 1 heterocycles. The van der Waals surface area contributed by atoms with Crippen molar-refractivity contribution < 1.29 is 17.5 Å². The predicted octanol–water partition coefficient (Wildman–Crippen LogP) is 2.51. The topological polar surface area (TPSA) is 84.1 Å². The molecule has 0 saturated carbocycles. The summed E-state index contributed by atoms with van der Waals surface area (Å²) >= 11 is 0. The summed E-state index contributed by atoms with van der Waals surface area (Å²) in [6, 6.07) is 8.54. The maximum absolute atomic E-state index is 14.0. The first-order chi connectivity index (χ1) is 10.5. The van der Waals surface area contributed by atoms with Gasteiger partial charge in [-0.15, -0.1) is 0 Å². The van der Waals surface area contributed by atoms with E-state index in [2.05, 4.69) is 14.7 Å². The minimum Gasteiger partial charge on any atom is -0.497 e. The second kappa shape index (κ2) is 5.30. The van der Waals surface area contributed by atoms with E-state index in [-0.39, 0.29) is 11.4 Å². The Balaban J connectivity index is 2.02. The number of halogens is 1. The Morgan fingerprint density at radius 3 is 2.82 bits per heavy atom. The Labute approximate surface area is 126 Å². The molecule has 3 rings (SSSR count). The van der Waals surface area contributed by atoms with Crippen LogP contribution in [0.3, 0.4) is 0 Å². The van der Waals surface area contributed by atoms with Crippen LogP contribution in [0.5, 0.6) is 5.75 Å². The fraction of sp³-hybridized carbons (Fsp3) is 0.0714. The van der Waals surface area contributed by atoms with Gasteiger partial charge in [0.05, 0.1) is 24.6 Å². The number of hydrogen-bond acceptors (Lipinski definition) is 4. The molecule has 114 valence electrons. The van der Waals surface area contributed by atoms with Gasteiger partial charge >= 0.3 is 0 Å². The van der Waals surface area contributed by atoms with E-state index < -0.39 is 20.7 Å². The molecule has 8 heteroatoms. The molecular formula is C14H12FN3O3S. The molecule has 0 spiro atoms. The van der Waals surface area contributed by atoms with Crippen LogP contribution < -0.4 is 9.46 Å². The third kappa shape index (κ3) is 2.48. The fourth-order valence-electron chi connectivity index (χ4n) is 2.07. The number of aromatic amines is 1. The van der Waals surface area contributed by atoms with Crippen molar-refractivity contribution in [2.75, 3.05) is 11.8 Å². The van der Waals surface area contributed by atoms with Gasteiger partial charge in [-0.05, 0) is 24.3 Å². The number of aromatic nitrogens is 2. The first-order valence-electron chi connectivity index (χ1n) is 6.30. The number of sulfonamides is 1. The van der Waals surface area contributed by atoms with Crippen LogP contribution in [0.2, 0.25) is 0 Å². The molecule has 0 aliphatic carbocycles. The predicted molar refractivity (Wildman–Crippen MR) is 79.9 cm³/mol. The van der Waals surface area contributed by atoms with E-state index in [1.807, 2.05) is 0 Å². The standard InChI is InChI=1S/C14H12FN3O3S/c1-21-9-5-6-13(10(15)7-9)22(19,20)18-12-4-2-3-11-14(12)17-8-16-11/h2-8,18H,1H3,(H,16,17). The number of anilines is 1. The van der Waals surface area contributed by atoms with Crippen molar-refractivity contribution in [3.63, 3.8) is 0 Å². The molecule has 0 unspecified atom stereocenters. The highest BCUT2D eigenvalue weighted by Crippen LogP contribution is 2.25. The molecule has 0 bridgehead atoms. The average molecular weight is 321 g/mol. The maximum Gasteiger partial charge on any atom is 0.264 e. The highest BCUT2D eigenvalue weighted by Gasteiger charge is 2.21. The number of H-pyrrole nitrogens is 1. The quantitative estimate of drug-likeness (QED) is 0.773. The highest BCUT2D eigenvalue weighted by molar-refractivity contribution is 7.92. The molecule has 0 aliphatic rings. The number of ether oxygens (including phenoxy) is 1. The monoisotopic (exact) mass is 321 g/mol. The van der Waals surface area contributed by atoms with Crippen molar-refractivity contribution in [1.82, 2.24) is 9.97 Å². The molecule has 22 heavy (non-hydrogen) atoms. The summed E-state index contributed by atoms with van der Waals surface area (Å²) in [5, 5.41) is 0. The van der Waals surface area contributed by atoms with Crippen LogP contribution in [0.25, 0.3) is 11.0 Å². The second-order valence-electron chi connectivity index (χ2n) is 4.51. The number of methoxy groups -OCH3 is 1. The van der Waals surface area contributed by atoms with Crippen LogP contribution >= 0.6 is 0 Å². The summed E-state index contributed by atoms with van der Waals surface area (Å²) in [5.41, 5.74) is 1.41. The number of rotatable bonds is 4. The Bertz CT molecular complexity index is 937. The number of benzene rings is 2. The van der Waals surface area contributed by atoms with Gasteiger partial charge in [-0.1, -0.05) is 6.07 Å². The van der Waals surface area contributed by atoms with Crippen LogP contribution in [0.4, 0.5) is 10.1 Å². The Kier molecular flexibility index (Phi) is 3.45. The van der Waals surface area contributed by atoms with Crippen molar-refractivity contribution in [3.8, 4) is 5.75 Å². The van der Waals surface area contributed by atoms with E-state index >= 15 is 0 Å². The number of imidazole rings is 1. The lowest BCUT2D eigenvalue weighted by atomic mass is 10.3. The summed E-state index contributed by atoms with van der Waals surface area (Å²) < 4.78 is 45.9. The number of para-hydroxylation sites is 1. The highest BCUT2D eigenvalue weighted by atomic mass is 32.2. The summed E-state index contributed by atoms with van der Waals surface area (Å²) in [6.45, 7) is 0. The first kappa shape index (κ1) is 14.3. The minimum absolute atomic E-state index is 0.242. The molecule has 0 saturated heterocycles. The number of nitrogens with zero attached hydrogens (tertiary/aromatic N) is 1. The van der Waals surface area contributed by atoms with Crippen molar-refractivity contribution in [2.24, 2.45) is 0 Å². The van der Waals surface area contributed by atoms with Crippen LogP contribution in [0.1, 0.15) is 0 Å². The van der Waals surface area contributed by atoms with E-state index in [0.717, 1.165) is 12.1 Å². The zero-order valence-electron chi connectivity index (χ0n) is 11.5. The summed E-state index contributed by atoms with van der Waals surface area (Å²) in [4.78, 5) is 6.47. The molecule has 2 aromatic carbocycles. The number of fused-ring (bicyclic) bond motifs is 1. The average Bonchev–Trinajstić information content (AvgIpc) is 2.96. The normalized spacial score (nSPS) is 11.5. The van der Waals surface area contributed by atoms with Gasteiger partial charge in [0.1, 0.15) is 22.0 Å². The van der Waals surface area contributed by atoms with Crippen molar-refractivity contribution in [2.45, 2.75) is 4.90 Å². The van der Waals surface area contributed by atoms with Gasteiger partial charge in [-0.3, -0.25) is 4.72 Å². The first-order valence-corrected chi connectivity index (χ1v) is 7.78. The van der Waals surface area contributed by atoms with Crippen molar-refractivity contribution in [3.05, 3.63) is 48.5 Å². The zero-order chi connectivity index (χ0) is 15.7. The summed E-state index contributed by atoms with van der Waals surface area (Å²) in [7, 11) is -2.70. The minimum atomic E-state index is -4.07. The van der Waals surface area contributed by atoms with Gasteiger partial charge in [-0.25, -0.2) is 17.8 Å². The van der Waals surface area contributed by atoms with Gasteiger partial charge < -0.3 is 9.72 Å². The largest absolute Gasteiger partial charge is 0.497 e. The van der Waals surface area contributed by atoms with Crippen LogP contribution in [0, 0.1) is 5.82 Å². The Hall–Kier alpha value is -2.61. The van der Waals surface area contributed by atoms with E-state index in [1.165, 1.54) is 19.5 Å². The molecule has 0 radical (unpaired) electrons. The third-order valence-corrected chi connectivity index (χ3v) is 4.52. The lowest BCUT2D eigenvalue weighted by Gasteiger charge is -2.10. The SMILES string of the molecule is COc1ccc(S(=O)(=O)Nc2cccc3[nH]cnc23)c(F)c1. The van der Waals surface area contributed by atoms with Gasteiger partial charge in [-0.2, -0.15) is 0 Å². The smallest absolute Gasteiger partial charge is 0.264 e. The van der Waals surface area contributed by atoms with Gasteiger partial charge in [0, 0.05) is 6.07 Å². The second-order valence-corrected chi connectivity index (χ2v) is 6.16. The fourth-order valence-corrected chi connectivity index (χ4v) is 3.20. The Morgan fingerprint density at radius 1 is 1.27 bits per heavy atom. The molecule has 3 aromatic rings. The van der Waals surface area contributed by atoms with Crippen LogP contribution in [-0.4, -0.2) is 25.5 Å². The molecule has 6 nitrogen and oxygen atoms in total. The van der Waals surface area contributed by atoms with Crippen molar-refractivity contribution in [1.29, 1.82) is 0 Å². The van der Waals surface area contributed by atoms with Gasteiger partial charge in [0.25, 0.3) is 10.0 Å². The Morgan fingerprint density at radius 2 is 2.09 bits per heavy atom. The summed E-state index contributed by atoms with van der Waals surface area (Å²) in [6.07, 6.45) is 1.45. The maximum atomic E-state index is 14.0. The molecule has 0 amide bonds. The molecule has 0 fully saturated rings. The number of nitrogens with one attached hydrogen (secondary N) is 2. The van der Waals surface area contributed by atoms with E-state index in [4.69, 9.17) is 4.74 Å². The lowest BCUT2D eigenvalue weighted by molar-refractivity contribution is 0.410. The molecule has 0 aliphatic heterocycles. The lowest BCUT2D eigenvalue weighted by Crippen LogP contribution is -2.15. The molecular weight excluding hydrogens is 309 g/mol. The van der Waals surface area contributed by atoms with Crippen LogP contribution in [0.15, 0.2) is 47.6 Å². The van der Waals surface area contributed by atoms with E-state index in [1.54, 1.807) is 18.2 Å². The number of hydrogen-bond donors (Lipinski definition) is 2. The van der Waals surface area contributed by atoms with E-state index in [0.29, 0.717) is 11.0 Å².